The number of anilines is 1. The molecule has 0 spiro atoms. The van der Waals surface area contributed by atoms with Gasteiger partial charge in [-0.3, -0.25) is 4.79 Å². The van der Waals surface area contributed by atoms with Crippen molar-refractivity contribution in [1.82, 2.24) is 0 Å². The maximum Gasteiger partial charge on any atom is 0.337 e. The Morgan fingerprint density at radius 2 is 1.91 bits per heavy atom. The van der Waals surface area contributed by atoms with Crippen molar-refractivity contribution in [3.8, 4) is 11.5 Å². The average Bonchev–Trinajstić information content (AvgIpc) is 2.53. The van der Waals surface area contributed by atoms with Gasteiger partial charge in [-0.05, 0) is 35.9 Å². The van der Waals surface area contributed by atoms with E-state index in [0.717, 1.165) is 0 Å². The van der Waals surface area contributed by atoms with Crippen molar-refractivity contribution in [2.24, 2.45) is 5.90 Å². The third-order valence-electron chi connectivity index (χ3n) is 2.95. The van der Waals surface area contributed by atoms with Crippen molar-refractivity contribution in [3.05, 3.63) is 59.7 Å². The van der Waals surface area contributed by atoms with Gasteiger partial charge in [0.15, 0.2) is 11.5 Å². The molecule has 0 saturated carbocycles. The monoisotopic (exact) mass is 314 g/mol. The molecule has 1 amide bonds. The van der Waals surface area contributed by atoms with Crippen LogP contribution in [0.4, 0.5) is 5.69 Å². The van der Waals surface area contributed by atoms with E-state index in [1.165, 1.54) is 36.4 Å². The van der Waals surface area contributed by atoms with Gasteiger partial charge in [-0.2, -0.15) is 5.90 Å². The Morgan fingerprint density at radius 3 is 2.57 bits per heavy atom. The zero-order chi connectivity index (χ0) is 16.8. The summed E-state index contributed by atoms with van der Waals surface area (Å²) < 4.78 is 0. The van der Waals surface area contributed by atoms with Gasteiger partial charge in [-0.25, -0.2) is 4.79 Å². The van der Waals surface area contributed by atoms with E-state index in [-0.39, 0.29) is 22.7 Å². The predicted molar refractivity (Wildman–Crippen MR) is 84.0 cm³/mol. The molecule has 5 N–H and O–H groups in total. The van der Waals surface area contributed by atoms with E-state index < -0.39 is 11.9 Å². The number of nitrogens with two attached hydrogens (primary N) is 1. The van der Waals surface area contributed by atoms with Crippen molar-refractivity contribution in [1.29, 1.82) is 0 Å². The normalized spacial score (nSPS) is 10.5. The number of carboxylic acid groups (broad SMARTS) is 1. The van der Waals surface area contributed by atoms with E-state index in [9.17, 15) is 14.7 Å². The molecule has 118 valence electrons. The second-order valence-electron chi connectivity index (χ2n) is 4.52. The zero-order valence-electron chi connectivity index (χ0n) is 11.9. The summed E-state index contributed by atoms with van der Waals surface area (Å²) in [6.07, 6.45) is 2.68. The zero-order valence-corrected chi connectivity index (χ0v) is 11.9. The van der Waals surface area contributed by atoms with Gasteiger partial charge >= 0.3 is 5.97 Å². The van der Waals surface area contributed by atoms with Crippen LogP contribution in [0.3, 0.4) is 0 Å². The molecule has 0 aliphatic heterocycles. The lowest BCUT2D eigenvalue weighted by Gasteiger charge is -2.06. The van der Waals surface area contributed by atoms with Crippen LogP contribution in [-0.4, -0.2) is 22.1 Å². The lowest BCUT2D eigenvalue weighted by atomic mass is 10.1. The highest BCUT2D eigenvalue weighted by Gasteiger charge is 2.10. The number of aromatic carboxylic acids is 1. The molecule has 7 heteroatoms. The quantitative estimate of drug-likeness (QED) is 0.494. The first-order valence-corrected chi connectivity index (χ1v) is 6.52. The number of aromatic hydroxyl groups is 1. The second-order valence-corrected chi connectivity index (χ2v) is 4.52. The average molecular weight is 314 g/mol. The first-order valence-electron chi connectivity index (χ1n) is 6.52. The molecule has 0 fully saturated rings. The Balaban J connectivity index is 2.11. The van der Waals surface area contributed by atoms with Gasteiger partial charge in [-0.1, -0.05) is 18.2 Å². The Labute approximate surface area is 131 Å². The van der Waals surface area contributed by atoms with E-state index in [4.69, 9.17) is 11.0 Å². The van der Waals surface area contributed by atoms with Gasteiger partial charge in [-0.15, -0.1) is 0 Å². The maximum absolute atomic E-state index is 11.9. The van der Waals surface area contributed by atoms with E-state index in [0.29, 0.717) is 5.56 Å². The second kappa shape index (κ2) is 7.10. The summed E-state index contributed by atoms with van der Waals surface area (Å²) in [5, 5.41) is 21.1. The molecule has 0 radical (unpaired) electrons. The van der Waals surface area contributed by atoms with Crippen LogP contribution in [0.1, 0.15) is 15.9 Å². The number of amides is 1. The highest BCUT2D eigenvalue weighted by atomic mass is 16.6. The molecule has 0 bridgehead atoms. The van der Waals surface area contributed by atoms with Crippen LogP contribution in [0.25, 0.3) is 6.08 Å². The molecule has 0 unspecified atom stereocenters. The van der Waals surface area contributed by atoms with E-state index in [1.807, 2.05) is 0 Å². The van der Waals surface area contributed by atoms with Crippen molar-refractivity contribution in [2.75, 3.05) is 5.32 Å². The summed E-state index contributed by atoms with van der Waals surface area (Å²) in [4.78, 5) is 27.4. The number of carbonyl (C=O) groups is 2. The molecule has 0 aliphatic carbocycles. The molecular formula is C16H14N2O5. The standard InChI is InChI=1S/C16H14N2O5/c17-23-14-7-5-10(9-13(14)19)6-8-15(20)18-12-4-2-1-3-11(12)16(21)22/h1-9,19H,17H2,(H,18,20)(H,21,22)/b8-6+. The third-order valence-corrected chi connectivity index (χ3v) is 2.95. The number of phenols is 1. The molecule has 0 saturated heterocycles. The van der Waals surface area contributed by atoms with Crippen molar-refractivity contribution in [2.45, 2.75) is 0 Å². The maximum atomic E-state index is 11.9. The minimum absolute atomic E-state index is 0.00339. The van der Waals surface area contributed by atoms with Gasteiger partial charge in [0, 0.05) is 6.08 Å². The van der Waals surface area contributed by atoms with Crippen molar-refractivity contribution >= 4 is 23.6 Å². The van der Waals surface area contributed by atoms with Crippen LogP contribution in [0.2, 0.25) is 0 Å². The van der Waals surface area contributed by atoms with Crippen molar-refractivity contribution < 1.29 is 24.6 Å². The number of hydrogen-bond acceptors (Lipinski definition) is 5. The Bertz CT molecular complexity index is 771. The van der Waals surface area contributed by atoms with Gasteiger partial charge < -0.3 is 20.4 Å². The fourth-order valence-electron chi connectivity index (χ4n) is 1.86. The number of phenolic OH excluding ortho intramolecular Hbond substituents is 1. The summed E-state index contributed by atoms with van der Waals surface area (Å²) in [5.41, 5.74) is 0.741. The molecule has 2 aromatic rings. The van der Waals surface area contributed by atoms with Gasteiger partial charge in [0.25, 0.3) is 0 Å². The fraction of sp³-hybridized carbons (Fsp3) is 0. The van der Waals surface area contributed by atoms with Crippen LogP contribution in [0.15, 0.2) is 48.5 Å². The number of benzene rings is 2. The highest BCUT2D eigenvalue weighted by Crippen LogP contribution is 2.26. The molecule has 0 aliphatic rings. The number of nitrogens with one attached hydrogen (secondary N) is 1. The van der Waals surface area contributed by atoms with Crippen LogP contribution < -0.4 is 16.1 Å². The largest absolute Gasteiger partial charge is 0.504 e. The Hall–Kier alpha value is -3.32. The molecule has 2 rings (SSSR count). The predicted octanol–water partition coefficient (Wildman–Crippen LogP) is 1.99. The smallest absolute Gasteiger partial charge is 0.337 e. The van der Waals surface area contributed by atoms with Crippen LogP contribution in [-0.2, 0) is 4.79 Å². The first kappa shape index (κ1) is 16.1. The fourth-order valence-corrected chi connectivity index (χ4v) is 1.86. The molecular weight excluding hydrogens is 300 g/mol. The number of para-hydroxylation sites is 1. The summed E-state index contributed by atoms with van der Waals surface area (Å²) in [6.45, 7) is 0. The SMILES string of the molecule is NOc1ccc(/C=C/C(=O)Nc2ccccc2C(=O)O)cc1O. The number of rotatable bonds is 5. The molecule has 0 aromatic heterocycles. The van der Waals surface area contributed by atoms with Crippen molar-refractivity contribution in [3.63, 3.8) is 0 Å². The molecule has 2 aromatic carbocycles. The molecule has 0 heterocycles. The molecule has 0 atom stereocenters. The lowest BCUT2D eigenvalue weighted by molar-refractivity contribution is -0.111. The molecule has 7 nitrogen and oxygen atoms in total. The summed E-state index contributed by atoms with van der Waals surface area (Å²) in [5.74, 6) is 3.27. The summed E-state index contributed by atoms with van der Waals surface area (Å²) >= 11 is 0. The number of hydrogen-bond donors (Lipinski definition) is 4. The summed E-state index contributed by atoms with van der Waals surface area (Å²) in [7, 11) is 0. The number of carbonyl (C=O) groups excluding carboxylic acids is 1. The van der Waals surface area contributed by atoms with Crippen LogP contribution in [0, 0.1) is 0 Å². The summed E-state index contributed by atoms with van der Waals surface area (Å²) in [6, 6.07) is 10.5. The van der Waals surface area contributed by atoms with Gasteiger partial charge in [0.05, 0.1) is 11.3 Å². The first-order chi connectivity index (χ1) is 11.0. The third kappa shape index (κ3) is 4.08. The van der Waals surface area contributed by atoms with E-state index in [1.54, 1.807) is 18.2 Å². The minimum Gasteiger partial charge on any atom is -0.504 e. The van der Waals surface area contributed by atoms with E-state index >= 15 is 0 Å². The van der Waals surface area contributed by atoms with Crippen LogP contribution >= 0.6 is 0 Å². The van der Waals surface area contributed by atoms with Crippen LogP contribution in [0.5, 0.6) is 11.5 Å². The highest BCUT2D eigenvalue weighted by molar-refractivity contribution is 6.06. The van der Waals surface area contributed by atoms with Gasteiger partial charge in [0.2, 0.25) is 5.91 Å². The Morgan fingerprint density at radius 1 is 1.17 bits per heavy atom. The van der Waals surface area contributed by atoms with Gasteiger partial charge in [0.1, 0.15) is 0 Å². The topological polar surface area (TPSA) is 122 Å². The lowest BCUT2D eigenvalue weighted by Crippen LogP contribution is -2.11. The molecule has 23 heavy (non-hydrogen) atoms. The van der Waals surface area contributed by atoms with E-state index in [2.05, 4.69) is 10.2 Å². The minimum atomic E-state index is -1.13. The number of carboxylic acids is 1. The Kier molecular flexibility index (Phi) is 4.96.